The van der Waals surface area contributed by atoms with Gasteiger partial charge in [-0.1, -0.05) is 11.6 Å². The molecule has 0 aliphatic carbocycles. The average Bonchev–Trinajstić information content (AvgIpc) is 2.79. The molecule has 0 amide bonds. The molecule has 2 aromatic rings. The van der Waals surface area contributed by atoms with Crippen molar-refractivity contribution in [2.24, 2.45) is 5.73 Å². The highest BCUT2D eigenvalue weighted by molar-refractivity contribution is 7.54. The Kier molecular flexibility index (Phi) is 10.5. The van der Waals surface area contributed by atoms with E-state index in [-0.39, 0.29) is 48.5 Å². The van der Waals surface area contributed by atoms with Gasteiger partial charge in [-0.25, -0.2) is 4.98 Å². The minimum Gasteiger partial charge on any atom is -0.483 e. The van der Waals surface area contributed by atoms with Gasteiger partial charge in [0, 0.05) is 12.6 Å². The van der Waals surface area contributed by atoms with Crippen LogP contribution in [-0.4, -0.2) is 35.9 Å². The summed E-state index contributed by atoms with van der Waals surface area (Å²) in [5, 5.41) is -0.296. The van der Waals surface area contributed by atoms with Gasteiger partial charge in [-0.2, -0.15) is 13.2 Å². The molecule has 35 heavy (non-hydrogen) atoms. The van der Waals surface area contributed by atoms with Crippen LogP contribution >= 0.6 is 19.2 Å². The zero-order chi connectivity index (χ0) is 26.2. The molecule has 0 aliphatic rings. The molecule has 0 bridgehead atoms. The van der Waals surface area contributed by atoms with Gasteiger partial charge in [-0.15, -0.1) is 0 Å². The van der Waals surface area contributed by atoms with Crippen molar-refractivity contribution in [3.8, 4) is 17.4 Å². The van der Waals surface area contributed by atoms with Crippen molar-refractivity contribution in [3.63, 3.8) is 0 Å². The van der Waals surface area contributed by atoms with Gasteiger partial charge in [0.15, 0.2) is 11.9 Å². The summed E-state index contributed by atoms with van der Waals surface area (Å²) in [6.45, 7) is 5.24. The predicted molar refractivity (Wildman–Crippen MR) is 124 cm³/mol. The third-order valence-corrected chi connectivity index (χ3v) is 7.23. The van der Waals surface area contributed by atoms with E-state index in [4.69, 9.17) is 35.9 Å². The molecule has 0 spiro atoms. The molecule has 2 rings (SSSR count). The van der Waals surface area contributed by atoms with Gasteiger partial charge in [-0.3, -0.25) is 9.36 Å². The summed E-state index contributed by atoms with van der Waals surface area (Å²) >= 11 is 5.84. The summed E-state index contributed by atoms with van der Waals surface area (Å²) in [6.07, 6.45) is -4.67. The van der Waals surface area contributed by atoms with Gasteiger partial charge in [0.2, 0.25) is 5.88 Å². The van der Waals surface area contributed by atoms with Crippen molar-refractivity contribution in [2.75, 3.05) is 13.2 Å². The number of nitrogens with two attached hydrogens (primary N) is 1. The number of ether oxygens (including phenoxy) is 2. The molecular formula is C22H27ClF3N2O6P. The molecule has 2 unspecified atom stereocenters. The number of hydrogen-bond acceptors (Lipinski definition) is 8. The largest absolute Gasteiger partial charge is 0.483 e. The van der Waals surface area contributed by atoms with Crippen LogP contribution < -0.4 is 15.2 Å². The SMILES string of the molecule is CCOP(=O)(OCC)C(N)CCC(=O)C(C)Oc1ccc(Oc2ncc(C(F)(F)F)cc2Cl)cc1. The van der Waals surface area contributed by atoms with E-state index in [1.807, 2.05) is 0 Å². The van der Waals surface area contributed by atoms with E-state index in [1.54, 1.807) is 20.8 Å². The smallest absolute Gasteiger partial charge is 0.417 e. The number of aromatic nitrogens is 1. The molecular weight excluding hydrogens is 512 g/mol. The second kappa shape index (κ2) is 12.7. The Morgan fingerprint density at radius 2 is 1.71 bits per heavy atom. The number of carbonyl (C=O) groups is 1. The van der Waals surface area contributed by atoms with Gasteiger partial charge in [0.1, 0.15) is 22.3 Å². The molecule has 0 saturated heterocycles. The highest BCUT2D eigenvalue weighted by atomic mass is 35.5. The third-order valence-electron chi connectivity index (χ3n) is 4.65. The molecule has 0 aliphatic heterocycles. The van der Waals surface area contributed by atoms with Crippen molar-refractivity contribution in [3.05, 3.63) is 47.1 Å². The summed E-state index contributed by atoms with van der Waals surface area (Å²) in [7, 11) is -3.51. The molecule has 0 fully saturated rings. The predicted octanol–water partition coefficient (Wildman–Crippen LogP) is 6.21. The average molecular weight is 539 g/mol. The lowest BCUT2D eigenvalue weighted by Crippen LogP contribution is -2.28. The van der Waals surface area contributed by atoms with Crippen molar-refractivity contribution >= 4 is 25.0 Å². The summed E-state index contributed by atoms with van der Waals surface area (Å²) in [6, 6.07) is 6.72. The van der Waals surface area contributed by atoms with E-state index in [0.717, 1.165) is 6.07 Å². The number of rotatable bonds is 13. The first-order valence-corrected chi connectivity index (χ1v) is 12.7. The normalized spacial score (nSPS) is 13.8. The maximum absolute atomic E-state index is 12.7. The number of halogens is 4. The van der Waals surface area contributed by atoms with Crippen LogP contribution in [0.2, 0.25) is 5.02 Å². The van der Waals surface area contributed by atoms with Crippen LogP contribution in [0.5, 0.6) is 17.4 Å². The standard InChI is InChI=1S/C22H27ClF3N2O6P/c1-4-31-35(30,32-5-2)20(27)11-10-19(29)14(3)33-16-6-8-17(9-7-16)34-21-18(23)12-15(13-28-21)22(24,25)26/h6-9,12-14,20H,4-5,10-11,27H2,1-3H3. The molecule has 1 aromatic carbocycles. The molecule has 8 nitrogen and oxygen atoms in total. The van der Waals surface area contributed by atoms with Crippen LogP contribution in [0.1, 0.15) is 39.2 Å². The van der Waals surface area contributed by atoms with E-state index in [2.05, 4.69) is 4.98 Å². The summed E-state index contributed by atoms with van der Waals surface area (Å²) in [5.74, 6) is -0.798. The van der Waals surface area contributed by atoms with Crippen molar-refractivity contribution < 1.29 is 41.1 Å². The second-order valence-electron chi connectivity index (χ2n) is 7.29. The maximum Gasteiger partial charge on any atom is 0.417 e. The van der Waals surface area contributed by atoms with E-state index < -0.39 is 31.2 Å². The number of hydrogen-bond donors (Lipinski definition) is 1. The Morgan fingerprint density at radius 1 is 1.14 bits per heavy atom. The molecule has 13 heteroatoms. The Balaban J connectivity index is 1.93. The van der Waals surface area contributed by atoms with Crippen LogP contribution in [0.25, 0.3) is 0 Å². The molecule has 1 aromatic heterocycles. The van der Waals surface area contributed by atoms with Crippen molar-refractivity contribution in [1.29, 1.82) is 0 Å². The zero-order valence-corrected chi connectivity index (χ0v) is 21.0. The molecule has 194 valence electrons. The highest BCUT2D eigenvalue weighted by Crippen LogP contribution is 2.52. The number of Topliss-reactive ketones (excluding diaryl/α,β-unsaturated/α-hetero) is 1. The lowest BCUT2D eigenvalue weighted by molar-refractivity contribution is -0.137. The van der Waals surface area contributed by atoms with Gasteiger partial charge in [0.05, 0.1) is 18.8 Å². The van der Waals surface area contributed by atoms with Crippen molar-refractivity contribution in [2.45, 2.75) is 51.7 Å². The number of carbonyl (C=O) groups excluding carboxylic acids is 1. The molecule has 2 N–H and O–H groups in total. The first kappa shape index (κ1) is 29.1. The molecule has 2 atom stereocenters. The van der Waals surface area contributed by atoms with Crippen molar-refractivity contribution in [1.82, 2.24) is 4.98 Å². The lowest BCUT2D eigenvalue weighted by Gasteiger charge is -2.23. The summed E-state index contributed by atoms with van der Waals surface area (Å²) in [5.41, 5.74) is 4.97. The van der Waals surface area contributed by atoms with Crippen LogP contribution in [0.4, 0.5) is 13.2 Å². The van der Waals surface area contributed by atoms with Crippen LogP contribution in [0.3, 0.4) is 0 Å². The van der Waals surface area contributed by atoms with E-state index >= 15 is 0 Å². The molecule has 0 radical (unpaired) electrons. The Bertz CT molecular complexity index is 1030. The Labute approximate surface area is 206 Å². The van der Waals surface area contributed by atoms with Crippen LogP contribution in [-0.2, 0) is 24.6 Å². The second-order valence-corrected chi connectivity index (χ2v) is 9.96. The van der Waals surface area contributed by atoms with Gasteiger partial charge >= 0.3 is 13.8 Å². The lowest BCUT2D eigenvalue weighted by atomic mass is 10.1. The number of ketones is 1. The number of nitrogens with zero attached hydrogens (tertiary/aromatic N) is 1. The first-order chi connectivity index (χ1) is 16.4. The fourth-order valence-electron chi connectivity index (χ4n) is 2.86. The third kappa shape index (κ3) is 8.47. The fraction of sp³-hybridized carbons (Fsp3) is 0.455. The van der Waals surface area contributed by atoms with E-state index in [0.29, 0.717) is 11.9 Å². The quantitative estimate of drug-likeness (QED) is 0.300. The maximum atomic E-state index is 12.7. The minimum atomic E-state index is -4.57. The first-order valence-electron chi connectivity index (χ1n) is 10.7. The summed E-state index contributed by atoms with van der Waals surface area (Å²) < 4.78 is 72.3. The minimum absolute atomic E-state index is 0.00571. The fourth-order valence-corrected chi connectivity index (χ4v) is 4.69. The van der Waals surface area contributed by atoms with Crippen LogP contribution in [0.15, 0.2) is 36.5 Å². The van der Waals surface area contributed by atoms with Gasteiger partial charge in [-0.05, 0) is 57.5 Å². The Morgan fingerprint density at radius 3 is 2.23 bits per heavy atom. The molecule has 1 heterocycles. The van der Waals surface area contributed by atoms with E-state index in [1.165, 1.54) is 24.3 Å². The monoisotopic (exact) mass is 538 g/mol. The van der Waals surface area contributed by atoms with Crippen LogP contribution in [0, 0.1) is 0 Å². The number of alkyl halides is 3. The topological polar surface area (TPSA) is 110 Å². The molecule has 0 saturated carbocycles. The highest BCUT2D eigenvalue weighted by Gasteiger charge is 2.33. The van der Waals surface area contributed by atoms with Gasteiger partial charge in [0.25, 0.3) is 0 Å². The van der Waals surface area contributed by atoms with E-state index in [9.17, 15) is 22.5 Å². The summed E-state index contributed by atoms with van der Waals surface area (Å²) in [4.78, 5) is 16.1. The Hall–Kier alpha value is -2.17. The number of pyridine rings is 1. The van der Waals surface area contributed by atoms with Gasteiger partial charge < -0.3 is 24.3 Å². The number of benzene rings is 1. The zero-order valence-electron chi connectivity index (χ0n) is 19.4.